The predicted molar refractivity (Wildman–Crippen MR) is 334 cm³/mol. The van der Waals surface area contributed by atoms with E-state index in [1.165, 1.54) is 17.3 Å². The molecule has 0 radical (unpaired) electrons. The van der Waals surface area contributed by atoms with Gasteiger partial charge in [-0.25, -0.2) is 8.78 Å². The van der Waals surface area contributed by atoms with Gasteiger partial charge in [0.15, 0.2) is 5.78 Å². The Morgan fingerprint density at radius 2 is 1.34 bits per heavy atom. The highest BCUT2D eigenvalue weighted by atomic mass is 19.3. The Bertz CT molecular complexity index is 2890. The number of rotatable bonds is 36. The fraction of sp³-hybridized carbons (Fsp3) is 0.600. The van der Waals surface area contributed by atoms with E-state index in [9.17, 15) is 57.0 Å². The number of amides is 5. The zero-order valence-corrected chi connectivity index (χ0v) is 52.5. The third kappa shape index (κ3) is 26.2. The van der Waals surface area contributed by atoms with Crippen LogP contribution < -0.4 is 20.7 Å². The number of unbranched alkanes of at least 4 members (excludes halogenated alkanes) is 3. The van der Waals surface area contributed by atoms with E-state index in [1.54, 1.807) is 29.2 Å². The topological polar surface area (TPSA) is 273 Å². The summed E-state index contributed by atoms with van der Waals surface area (Å²) in [6.45, 7) is 8.91. The third-order valence-corrected chi connectivity index (χ3v) is 16.5. The van der Waals surface area contributed by atoms with Crippen molar-refractivity contribution >= 4 is 65.1 Å². The molecule has 24 nitrogen and oxygen atoms in total. The zero-order chi connectivity index (χ0) is 65.4. The highest BCUT2D eigenvalue weighted by Crippen LogP contribution is 2.33. The molecule has 0 saturated carbocycles. The molecule has 91 heavy (non-hydrogen) atoms. The molecule has 0 spiro atoms. The molecular weight excluding hydrogens is 1180 g/mol. The number of alkyl halides is 2. The molecule has 2 aromatic carbocycles. The molecule has 4 N–H and O–H groups in total. The molecule has 3 saturated heterocycles. The Morgan fingerprint density at radius 1 is 0.703 bits per heavy atom. The Kier molecular flexibility index (Phi) is 30.9. The van der Waals surface area contributed by atoms with E-state index >= 15 is 0 Å². The minimum Gasteiger partial charge on any atom is -0.494 e. The maximum Gasteiger partial charge on any atom is 0.317 e. The quantitative estimate of drug-likeness (QED) is 0.0281. The van der Waals surface area contributed by atoms with Crippen LogP contribution in [0.25, 0.3) is 10.9 Å². The van der Waals surface area contributed by atoms with Gasteiger partial charge in [-0.05, 0) is 88.1 Å². The molecule has 3 aliphatic rings. The number of hydrogen-bond acceptors (Lipinski definition) is 18. The van der Waals surface area contributed by atoms with Gasteiger partial charge in [0.2, 0.25) is 29.5 Å². The number of likely N-dealkylation sites (tertiary alicyclic amines) is 1. The summed E-state index contributed by atoms with van der Waals surface area (Å²) in [5, 5.41) is 19.2. The number of nitrogens with one attached hydrogen (secondary N) is 3. The van der Waals surface area contributed by atoms with Crippen molar-refractivity contribution in [2.75, 3.05) is 138 Å². The number of pyridine rings is 1. The predicted octanol–water partition coefficient (Wildman–Crippen LogP) is 3.33. The van der Waals surface area contributed by atoms with Gasteiger partial charge in [0.05, 0.1) is 37.8 Å². The summed E-state index contributed by atoms with van der Waals surface area (Å²) in [4.78, 5) is 131. The normalized spacial score (nSPS) is 17.6. The van der Waals surface area contributed by atoms with E-state index in [1.807, 2.05) is 26.5 Å². The highest BCUT2D eigenvalue weighted by molar-refractivity contribution is 6.08. The van der Waals surface area contributed by atoms with E-state index in [2.05, 4.69) is 56.0 Å². The number of nitrogens with zero attached hydrogens (tertiary/aromatic N) is 8. The number of carboxylic acids is 1. The van der Waals surface area contributed by atoms with Gasteiger partial charge in [-0.1, -0.05) is 42.2 Å². The van der Waals surface area contributed by atoms with E-state index in [-0.39, 0.29) is 62.9 Å². The van der Waals surface area contributed by atoms with Crippen molar-refractivity contribution in [3.63, 3.8) is 0 Å². The number of halogens is 2. The van der Waals surface area contributed by atoms with E-state index in [4.69, 9.17) is 20.6 Å². The number of piperazine rings is 1. The number of terminal acetylenes is 1. The summed E-state index contributed by atoms with van der Waals surface area (Å²) in [6, 6.07) is 13.2. The van der Waals surface area contributed by atoms with E-state index in [0.29, 0.717) is 198 Å². The van der Waals surface area contributed by atoms with Crippen LogP contribution in [0.3, 0.4) is 0 Å². The molecule has 0 bridgehead atoms. The fourth-order valence-corrected chi connectivity index (χ4v) is 11.3. The average Bonchev–Trinajstić information content (AvgIpc) is 1.91. The number of aliphatic carboxylic acids is 1. The first kappa shape index (κ1) is 72.4. The first-order valence-corrected chi connectivity index (χ1v) is 31.7. The SMILES string of the molecule is C#C[C@H]1CC(F)(F)CN1C(=O)CCC(=O)c1ccnc2ccc(OCCCN3CCN(C(=O)CCCCCNC(=O)C(CCCCNC(=O)CCCc4ccc(C)cc4)NC(=O)CN4CCN(COC=O)CCN(COC=O)CCN(CC(=O)O)CC4)CC3)cc12. The van der Waals surface area contributed by atoms with Crippen molar-refractivity contribution in [2.45, 2.75) is 115 Å². The number of ketones is 1. The van der Waals surface area contributed by atoms with Crippen LogP contribution in [0.1, 0.15) is 105 Å². The summed E-state index contributed by atoms with van der Waals surface area (Å²) < 4.78 is 44.1. The van der Waals surface area contributed by atoms with Crippen molar-refractivity contribution in [1.29, 1.82) is 0 Å². The largest absolute Gasteiger partial charge is 0.494 e. The molecule has 1 unspecified atom stereocenters. The first-order chi connectivity index (χ1) is 43.9. The van der Waals surface area contributed by atoms with Gasteiger partial charge in [-0.15, -0.1) is 6.42 Å². The number of ether oxygens (including phenoxy) is 3. The van der Waals surface area contributed by atoms with Crippen LogP contribution in [0, 0.1) is 19.3 Å². The second-order valence-corrected chi connectivity index (χ2v) is 23.5. The van der Waals surface area contributed by atoms with Gasteiger partial charge in [0.25, 0.3) is 18.9 Å². The van der Waals surface area contributed by atoms with Crippen molar-refractivity contribution in [3.8, 4) is 18.1 Å². The van der Waals surface area contributed by atoms with Crippen LogP contribution in [0.5, 0.6) is 5.75 Å². The van der Waals surface area contributed by atoms with Crippen molar-refractivity contribution < 1.29 is 71.2 Å². The second kappa shape index (κ2) is 38.9. The van der Waals surface area contributed by atoms with Crippen LogP contribution in [-0.2, 0) is 54.3 Å². The molecule has 0 aliphatic carbocycles. The molecule has 5 amide bonds. The van der Waals surface area contributed by atoms with E-state index in [0.717, 1.165) is 17.9 Å². The molecule has 1 aromatic heterocycles. The number of carbonyl (C=O) groups is 9. The molecular formula is C65H91F2N11O13. The Labute approximate surface area is 532 Å². The van der Waals surface area contributed by atoms with Gasteiger partial charge in [-0.2, -0.15) is 0 Å². The van der Waals surface area contributed by atoms with Gasteiger partial charge in [-0.3, -0.25) is 72.6 Å². The lowest BCUT2D eigenvalue weighted by Crippen LogP contribution is -2.52. The van der Waals surface area contributed by atoms with Crippen molar-refractivity contribution in [3.05, 3.63) is 71.4 Å². The molecule has 3 aromatic rings. The number of aryl methyl sites for hydroxylation is 2. The smallest absolute Gasteiger partial charge is 0.317 e. The van der Waals surface area contributed by atoms with Crippen LogP contribution in [0.4, 0.5) is 8.78 Å². The lowest BCUT2D eigenvalue weighted by atomic mass is 10.0. The van der Waals surface area contributed by atoms with Crippen molar-refractivity contribution in [1.82, 2.24) is 55.2 Å². The Balaban J connectivity index is 0.918. The van der Waals surface area contributed by atoms with Crippen molar-refractivity contribution in [2.24, 2.45) is 0 Å². The molecule has 26 heteroatoms. The fourth-order valence-electron chi connectivity index (χ4n) is 11.3. The molecule has 6 rings (SSSR count). The zero-order valence-electron chi connectivity index (χ0n) is 52.5. The summed E-state index contributed by atoms with van der Waals surface area (Å²) in [6.07, 6.45) is 12.2. The standard InChI is InChI=1S/C65H91F2N11O13/c1-3-52-42-65(66,67)45-78(52)62(85)22-21-58(81)54-23-26-68-56-20-19-53(41-55(54)56)91-40-10-27-72-36-38-77(39-37-72)61(84)14-5-4-7-25-70-64(88)57(12-6-8-24-69-59(82)13-9-11-51-17-15-50(2)16-18-51)71-60(83)43-73-28-29-74(44-63(86)87)31-33-76(47-90-49-80)35-34-75(32-30-73)46-89-48-79/h1,15-20,23,26,41,48-49,52,57H,4-14,21-22,24-25,27-40,42-47H2,2H3,(H,69,82)(H,70,88)(H,71,83)(H,86,87)/t52-,57?/m0/s1. The second-order valence-electron chi connectivity index (χ2n) is 23.5. The summed E-state index contributed by atoms with van der Waals surface area (Å²) in [5.74, 6) is -2.96. The number of hydrogen-bond donors (Lipinski definition) is 4. The number of Topliss-reactive ketones (excluding diaryl/α,β-unsaturated/α-hetero) is 1. The van der Waals surface area contributed by atoms with Crippen LogP contribution in [0.2, 0.25) is 0 Å². The Hall–Kier alpha value is -7.70. The number of fused-ring (bicyclic) bond motifs is 1. The van der Waals surface area contributed by atoms with Gasteiger partial charge < -0.3 is 45.1 Å². The minimum atomic E-state index is -3.07. The van der Waals surface area contributed by atoms with Gasteiger partial charge >= 0.3 is 5.97 Å². The van der Waals surface area contributed by atoms with Gasteiger partial charge in [0.1, 0.15) is 25.3 Å². The summed E-state index contributed by atoms with van der Waals surface area (Å²) in [5.41, 5.74) is 3.26. The molecule has 4 heterocycles. The van der Waals surface area contributed by atoms with E-state index < -0.39 is 48.8 Å². The molecule has 2 atom stereocenters. The van der Waals surface area contributed by atoms with Crippen LogP contribution in [0.15, 0.2) is 54.7 Å². The molecule has 3 aliphatic heterocycles. The lowest BCUT2D eigenvalue weighted by molar-refractivity contribution is -0.139. The van der Waals surface area contributed by atoms with Crippen LogP contribution >= 0.6 is 0 Å². The number of benzene rings is 2. The minimum absolute atomic E-state index is 0.00239. The van der Waals surface area contributed by atoms with Crippen LogP contribution in [-0.4, -0.2) is 255 Å². The van der Waals surface area contributed by atoms with Gasteiger partial charge in [0, 0.05) is 147 Å². The third-order valence-electron chi connectivity index (χ3n) is 16.5. The number of carboxylic acid groups (broad SMARTS) is 1. The average molecular weight is 1270 g/mol. The highest BCUT2D eigenvalue weighted by Gasteiger charge is 2.46. The molecule has 498 valence electrons. The first-order valence-electron chi connectivity index (χ1n) is 31.7. The maximum atomic E-state index is 14.0. The summed E-state index contributed by atoms with van der Waals surface area (Å²) in [7, 11) is 0. The Morgan fingerprint density at radius 3 is 2.00 bits per heavy atom. The number of carbonyl (C=O) groups excluding carboxylic acids is 8. The number of aromatic nitrogens is 1. The monoisotopic (exact) mass is 1270 g/mol. The maximum absolute atomic E-state index is 14.0. The molecule has 3 fully saturated rings. The lowest BCUT2D eigenvalue weighted by Gasteiger charge is -2.34. The summed E-state index contributed by atoms with van der Waals surface area (Å²) >= 11 is 0.